The summed E-state index contributed by atoms with van der Waals surface area (Å²) >= 11 is 0. The topological polar surface area (TPSA) is 92.6 Å². The van der Waals surface area contributed by atoms with Gasteiger partial charge in [-0.25, -0.2) is 4.39 Å². The molecule has 0 spiro atoms. The molecule has 0 aliphatic heterocycles. The molecule has 33 heavy (non-hydrogen) atoms. The Morgan fingerprint density at radius 1 is 0.970 bits per heavy atom. The fourth-order valence-electron chi connectivity index (χ4n) is 3.61. The summed E-state index contributed by atoms with van der Waals surface area (Å²) in [5.74, 6) is -1.22. The first-order valence-electron chi connectivity index (χ1n) is 10.4. The van der Waals surface area contributed by atoms with Gasteiger partial charge in [0.05, 0.1) is 11.3 Å². The zero-order chi connectivity index (χ0) is 23.8. The normalized spacial score (nSPS) is 11.5. The van der Waals surface area contributed by atoms with Crippen LogP contribution in [0.3, 0.4) is 0 Å². The molecule has 8 heteroatoms. The number of likely N-dealkylation sites (N-methyl/N-ethyl adjacent to an activating group) is 1. The second kappa shape index (κ2) is 11.0. The molecule has 0 aliphatic carbocycles. The average Bonchev–Trinajstić information content (AvgIpc) is 2.82. The van der Waals surface area contributed by atoms with Gasteiger partial charge in [-0.15, -0.1) is 0 Å². The second-order valence-electron chi connectivity index (χ2n) is 7.53. The minimum atomic E-state index is -0.863. The number of benzene rings is 3. The number of nitrogens with one attached hydrogen (secondary N) is 1. The Labute approximate surface area is 191 Å². The van der Waals surface area contributed by atoms with Gasteiger partial charge in [0.25, 0.3) is 5.69 Å². The lowest BCUT2D eigenvalue weighted by Gasteiger charge is -2.31. The lowest BCUT2D eigenvalue weighted by atomic mass is 10.0. The van der Waals surface area contributed by atoms with E-state index in [2.05, 4.69) is 5.32 Å². The van der Waals surface area contributed by atoms with E-state index in [1.165, 1.54) is 42.3 Å². The SMILES string of the molecule is CNC(=O)[C@H](Cc1ccccc1)N(Cc1ccc(F)cc1)C(=O)Cc1ccccc1[N+](=O)[O-]. The Morgan fingerprint density at radius 2 is 1.61 bits per heavy atom. The van der Waals surface area contributed by atoms with Crippen molar-refractivity contribution in [2.75, 3.05) is 7.05 Å². The van der Waals surface area contributed by atoms with Crippen LogP contribution in [0.2, 0.25) is 0 Å². The van der Waals surface area contributed by atoms with Crippen LogP contribution in [-0.2, 0) is 29.0 Å². The molecular weight excluding hydrogens is 425 g/mol. The van der Waals surface area contributed by atoms with Crippen LogP contribution in [0, 0.1) is 15.9 Å². The Hall–Kier alpha value is -4.07. The van der Waals surface area contributed by atoms with Gasteiger partial charge in [0, 0.05) is 31.6 Å². The monoisotopic (exact) mass is 449 g/mol. The predicted octanol–water partition coefficient (Wildman–Crippen LogP) is 3.66. The van der Waals surface area contributed by atoms with Gasteiger partial charge >= 0.3 is 0 Å². The standard InChI is InChI=1S/C25H24FN3O4/c1-27-25(31)23(15-18-7-3-2-4-8-18)28(17-19-11-13-21(26)14-12-19)24(30)16-20-9-5-6-10-22(20)29(32)33/h2-14,23H,15-17H2,1H3,(H,27,31)/t23-/m0/s1. The summed E-state index contributed by atoms with van der Waals surface area (Å²) in [6.45, 7) is 0.0463. The first kappa shape index (κ1) is 23.6. The quantitative estimate of drug-likeness (QED) is 0.399. The van der Waals surface area contributed by atoms with Crippen molar-refractivity contribution >= 4 is 17.5 Å². The number of para-hydroxylation sites is 1. The Morgan fingerprint density at radius 3 is 2.24 bits per heavy atom. The molecule has 1 atom stereocenters. The van der Waals surface area contributed by atoms with Crippen LogP contribution >= 0.6 is 0 Å². The first-order valence-corrected chi connectivity index (χ1v) is 10.4. The minimum Gasteiger partial charge on any atom is -0.357 e. The molecule has 0 aromatic heterocycles. The van der Waals surface area contributed by atoms with Crippen LogP contribution in [-0.4, -0.2) is 34.7 Å². The van der Waals surface area contributed by atoms with Crippen molar-refractivity contribution in [3.63, 3.8) is 0 Å². The lowest BCUT2D eigenvalue weighted by molar-refractivity contribution is -0.385. The largest absolute Gasteiger partial charge is 0.357 e. The third-order valence-corrected chi connectivity index (χ3v) is 5.31. The fourth-order valence-corrected chi connectivity index (χ4v) is 3.61. The second-order valence-corrected chi connectivity index (χ2v) is 7.53. The van der Waals surface area contributed by atoms with Gasteiger partial charge in [-0.2, -0.15) is 0 Å². The number of hydrogen-bond acceptors (Lipinski definition) is 4. The van der Waals surface area contributed by atoms with Crippen LogP contribution < -0.4 is 5.32 Å². The van der Waals surface area contributed by atoms with Gasteiger partial charge in [0.1, 0.15) is 11.9 Å². The summed E-state index contributed by atoms with van der Waals surface area (Å²) in [5, 5.41) is 14.0. The molecule has 2 amide bonds. The number of nitro benzene ring substituents is 1. The van der Waals surface area contributed by atoms with Gasteiger partial charge in [0.15, 0.2) is 0 Å². The zero-order valence-electron chi connectivity index (χ0n) is 18.1. The maximum Gasteiger partial charge on any atom is 0.273 e. The highest BCUT2D eigenvalue weighted by atomic mass is 19.1. The molecule has 0 aliphatic rings. The molecule has 0 heterocycles. The van der Waals surface area contributed by atoms with E-state index in [1.54, 1.807) is 18.2 Å². The van der Waals surface area contributed by atoms with E-state index in [0.717, 1.165) is 5.56 Å². The maximum absolute atomic E-state index is 13.5. The highest BCUT2D eigenvalue weighted by Crippen LogP contribution is 2.21. The van der Waals surface area contributed by atoms with Gasteiger partial charge in [0.2, 0.25) is 11.8 Å². The number of nitro groups is 1. The summed E-state index contributed by atoms with van der Waals surface area (Å²) < 4.78 is 13.4. The van der Waals surface area contributed by atoms with Crippen LogP contribution in [0.1, 0.15) is 16.7 Å². The van der Waals surface area contributed by atoms with E-state index in [9.17, 15) is 24.1 Å². The van der Waals surface area contributed by atoms with Gasteiger partial charge < -0.3 is 10.2 Å². The molecule has 0 bridgehead atoms. The van der Waals surface area contributed by atoms with Crippen molar-refractivity contribution in [3.8, 4) is 0 Å². The van der Waals surface area contributed by atoms with E-state index >= 15 is 0 Å². The van der Waals surface area contributed by atoms with Crippen molar-refractivity contribution in [1.82, 2.24) is 10.2 Å². The maximum atomic E-state index is 13.5. The molecule has 0 saturated carbocycles. The molecular formula is C25H24FN3O4. The van der Waals surface area contributed by atoms with Crippen LogP contribution in [0.15, 0.2) is 78.9 Å². The van der Waals surface area contributed by atoms with E-state index in [1.807, 2.05) is 30.3 Å². The van der Waals surface area contributed by atoms with E-state index < -0.39 is 22.7 Å². The Balaban J connectivity index is 1.97. The Kier molecular flexibility index (Phi) is 7.86. The molecule has 3 aromatic carbocycles. The van der Waals surface area contributed by atoms with Crippen molar-refractivity contribution in [1.29, 1.82) is 0 Å². The molecule has 3 rings (SSSR count). The molecule has 0 unspecified atom stereocenters. The Bertz CT molecular complexity index is 1120. The smallest absolute Gasteiger partial charge is 0.273 e. The van der Waals surface area contributed by atoms with Crippen molar-refractivity contribution in [3.05, 3.63) is 111 Å². The van der Waals surface area contributed by atoms with Crippen molar-refractivity contribution in [2.24, 2.45) is 0 Å². The van der Waals surface area contributed by atoms with Crippen molar-refractivity contribution in [2.45, 2.75) is 25.4 Å². The molecule has 0 fully saturated rings. The zero-order valence-corrected chi connectivity index (χ0v) is 18.1. The molecule has 0 saturated heterocycles. The highest BCUT2D eigenvalue weighted by molar-refractivity contribution is 5.89. The van der Waals surface area contributed by atoms with Gasteiger partial charge in [-0.1, -0.05) is 60.7 Å². The molecule has 170 valence electrons. The summed E-state index contributed by atoms with van der Waals surface area (Å²) in [7, 11) is 1.49. The number of halogens is 1. The van der Waals surface area contributed by atoms with Crippen LogP contribution in [0.4, 0.5) is 10.1 Å². The molecule has 3 aromatic rings. The highest BCUT2D eigenvalue weighted by Gasteiger charge is 2.31. The fraction of sp³-hybridized carbons (Fsp3) is 0.200. The van der Waals surface area contributed by atoms with Crippen LogP contribution in [0.25, 0.3) is 0 Å². The number of nitrogens with zero attached hydrogens (tertiary/aromatic N) is 2. The summed E-state index contributed by atoms with van der Waals surface area (Å²) in [6.07, 6.45) is 0.00492. The molecule has 0 radical (unpaired) electrons. The van der Waals surface area contributed by atoms with Gasteiger partial charge in [-0.05, 0) is 23.3 Å². The average molecular weight is 449 g/mol. The third kappa shape index (κ3) is 6.22. The van der Waals surface area contributed by atoms with E-state index in [-0.39, 0.29) is 36.5 Å². The summed E-state index contributed by atoms with van der Waals surface area (Å²) in [4.78, 5) is 38.6. The van der Waals surface area contributed by atoms with Gasteiger partial charge in [-0.3, -0.25) is 19.7 Å². The number of amides is 2. The minimum absolute atomic E-state index is 0.0463. The number of carbonyl (C=O) groups excluding carboxylic acids is 2. The lowest BCUT2D eigenvalue weighted by Crippen LogP contribution is -2.50. The van der Waals surface area contributed by atoms with E-state index in [4.69, 9.17) is 0 Å². The third-order valence-electron chi connectivity index (χ3n) is 5.31. The molecule has 1 N–H and O–H groups in total. The first-order chi connectivity index (χ1) is 15.9. The number of hydrogen-bond donors (Lipinski definition) is 1. The van der Waals surface area contributed by atoms with E-state index in [0.29, 0.717) is 5.56 Å². The van der Waals surface area contributed by atoms with Crippen LogP contribution in [0.5, 0.6) is 0 Å². The molecule has 7 nitrogen and oxygen atoms in total. The number of rotatable bonds is 9. The summed E-state index contributed by atoms with van der Waals surface area (Å²) in [6, 6.07) is 20.1. The number of carbonyl (C=O) groups is 2. The summed E-state index contributed by atoms with van der Waals surface area (Å²) in [5.41, 5.74) is 1.59. The predicted molar refractivity (Wildman–Crippen MR) is 122 cm³/mol. The van der Waals surface area contributed by atoms with Crippen molar-refractivity contribution < 1.29 is 18.9 Å².